The average Bonchev–Trinajstić information content (AvgIpc) is 2.65. The van der Waals surface area contributed by atoms with Crippen LogP contribution in [0.2, 0.25) is 0 Å². The molecule has 1 spiro atoms. The number of carboxylic acids is 3. The van der Waals surface area contributed by atoms with Gasteiger partial charge >= 0.3 is 17.9 Å². The van der Waals surface area contributed by atoms with Crippen molar-refractivity contribution in [1.82, 2.24) is 0 Å². The standard InChI is InChI=1S/C24H34O6/c1-12(2)14-11-24-9-6-15-22(3,7-5-8-23(15,4)21(29)30)16(24)10-13(14)17(19(25)26)18(24)20(27)28/h11-13,15-18H,5-10H2,1-4H3,(H,25,26)(H,27,28)(H,29,30)/t13-,15+,16+,17+,18-,22+,23-,24+/m1/s1. The summed E-state index contributed by atoms with van der Waals surface area (Å²) in [5.41, 5.74) is -0.709. The Bertz CT molecular complexity index is 830. The molecule has 0 aromatic carbocycles. The largest absolute Gasteiger partial charge is 0.481 e. The van der Waals surface area contributed by atoms with Crippen molar-refractivity contribution in [3.63, 3.8) is 0 Å². The summed E-state index contributed by atoms with van der Waals surface area (Å²) in [4.78, 5) is 37.0. The zero-order chi connectivity index (χ0) is 22.2. The summed E-state index contributed by atoms with van der Waals surface area (Å²) in [6.45, 7) is 8.15. The fraction of sp³-hybridized carbons (Fsp3) is 0.792. The van der Waals surface area contributed by atoms with Crippen molar-refractivity contribution in [2.24, 2.45) is 51.8 Å². The van der Waals surface area contributed by atoms with Crippen LogP contribution in [0.5, 0.6) is 0 Å². The van der Waals surface area contributed by atoms with Gasteiger partial charge in [-0.15, -0.1) is 0 Å². The van der Waals surface area contributed by atoms with Gasteiger partial charge in [-0.05, 0) is 68.1 Å². The minimum atomic E-state index is -1.02. The lowest BCUT2D eigenvalue weighted by Crippen LogP contribution is -2.66. The zero-order valence-electron chi connectivity index (χ0n) is 18.4. The number of carboxylic acid groups (broad SMARTS) is 3. The summed E-state index contributed by atoms with van der Waals surface area (Å²) in [6.07, 6.45) is 6.36. The molecule has 5 rings (SSSR count). The molecule has 6 heteroatoms. The normalized spacial score (nSPS) is 47.2. The first kappa shape index (κ1) is 21.4. The second-order valence-corrected chi connectivity index (χ2v) is 11.2. The topological polar surface area (TPSA) is 112 Å². The van der Waals surface area contributed by atoms with E-state index in [4.69, 9.17) is 0 Å². The quantitative estimate of drug-likeness (QED) is 0.587. The average molecular weight is 419 g/mol. The maximum absolute atomic E-state index is 12.5. The van der Waals surface area contributed by atoms with E-state index < -0.39 is 40.6 Å². The third-order valence-electron chi connectivity index (χ3n) is 9.72. The number of carbonyl (C=O) groups is 3. The predicted molar refractivity (Wildman–Crippen MR) is 110 cm³/mol. The van der Waals surface area contributed by atoms with E-state index >= 15 is 0 Å². The number of rotatable bonds is 4. The van der Waals surface area contributed by atoms with Crippen molar-refractivity contribution in [2.45, 2.75) is 66.2 Å². The van der Waals surface area contributed by atoms with Crippen LogP contribution in [0, 0.1) is 51.8 Å². The van der Waals surface area contributed by atoms with E-state index in [9.17, 15) is 29.7 Å². The maximum atomic E-state index is 12.5. The van der Waals surface area contributed by atoms with E-state index in [1.165, 1.54) is 0 Å². The minimum absolute atomic E-state index is 0.00641. The Morgan fingerprint density at radius 3 is 2.20 bits per heavy atom. The van der Waals surface area contributed by atoms with Crippen LogP contribution in [0.15, 0.2) is 11.6 Å². The maximum Gasteiger partial charge on any atom is 0.309 e. The van der Waals surface area contributed by atoms with Crippen LogP contribution in [0.3, 0.4) is 0 Å². The Labute approximate surface area is 177 Å². The van der Waals surface area contributed by atoms with E-state index in [2.05, 4.69) is 26.8 Å². The summed E-state index contributed by atoms with van der Waals surface area (Å²) in [5, 5.41) is 30.3. The number of allylic oxidation sites excluding steroid dienone is 2. The van der Waals surface area contributed by atoms with E-state index in [1.807, 2.05) is 6.92 Å². The first-order valence-electron chi connectivity index (χ1n) is 11.3. The number of hydrogen-bond donors (Lipinski definition) is 3. The van der Waals surface area contributed by atoms with Gasteiger partial charge in [0, 0.05) is 5.41 Å². The lowest BCUT2D eigenvalue weighted by molar-refractivity contribution is -0.207. The van der Waals surface area contributed by atoms with Gasteiger partial charge in [0.1, 0.15) is 0 Å². The molecule has 0 aromatic heterocycles. The van der Waals surface area contributed by atoms with E-state index in [0.29, 0.717) is 25.7 Å². The van der Waals surface area contributed by atoms with E-state index in [1.54, 1.807) is 0 Å². The number of fused-ring (bicyclic) bond motifs is 2. The monoisotopic (exact) mass is 418 g/mol. The van der Waals surface area contributed by atoms with Crippen molar-refractivity contribution in [3.05, 3.63) is 11.6 Å². The Kier molecular flexibility index (Phi) is 4.68. The van der Waals surface area contributed by atoms with Gasteiger partial charge in [0.05, 0.1) is 17.3 Å². The molecule has 5 aliphatic rings. The van der Waals surface area contributed by atoms with Crippen LogP contribution in [0.1, 0.15) is 66.2 Å². The number of aliphatic carboxylic acids is 3. The summed E-state index contributed by atoms with van der Waals surface area (Å²) >= 11 is 0. The predicted octanol–water partition coefficient (Wildman–Crippen LogP) is 4.30. The van der Waals surface area contributed by atoms with Crippen LogP contribution in [0.25, 0.3) is 0 Å². The van der Waals surface area contributed by atoms with Crippen LogP contribution < -0.4 is 0 Å². The van der Waals surface area contributed by atoms with Gasteiger partial charge in [-0.1, -0.05) is 38.8 Å². The molecule has 5 aliphatic carbocycles. The van der Waals surface area contributed by atoms with Crippen molar-refractivity contribution < 1.29 is 29.7 Å². The second kappa shape index (κ2) is 6.57. The molecule has 166 valence electrons. The molecule has 6 nitrogen and oxygen atoms in total. The van der Waals surface area contributed by atoms with E-state index in [-0.39, 0.29) is 29.1 Å². The molecule has 0 aromatic rings. The molecular formula is C24H34O6. The van der Waals surface area contributed by atoms with Gasteiger partial charge in [-0.3, -0.25) is 14.4 Å². The summed E-state index contributed by atoms with van der Waals surface area (Å²) < 4.78 is 0. The molecule has 3 fully saturated rings. The van der Waals surface area contributed by atoms with Crippen molar-refractivity contribution >= 4 is 17.9 Å². The molecule has 30 heavy (non-hydrogen) atoms. The Morgan fingerprint density at radius 2 is 1.67 bits per heavy atom. The highest BCUT2D eigenvalue weighted by atomic mass is 16.4. The van der Waals surface area contributed by atoms with Gasteiger partial charge < -0.3 is 15.3 Å². The first-order valence-corrected chi connectivity index (χ1v) is 11.3. The van der Waals surface area contributed by atoms with Gasteiger partial charge in [-0.25, -0.2) is 0 Å². The highest BCUT2D eigenvalue weighted by Crippen LogP contribution is 2.73. The SMILES string of the molecule is CC(C)C1=C[C@@]23CC[C@H]4[C@](C)(CCC[C@@]4(C)C(=O)O)[C@@H]2C[C@H]1[C@H](C(=O)O)[C@@H]3C(=O)O. The Hall–Kier alpha value is -1.85. The van der Waals surface area contributed by atoms with Crippen molar-refractivity contribution in [1.29, 1.82) is 0 Å². The van der Waals surface area contributed by atoms with Crippen LogP contribution >= 0.6 is 0 Å². The summed E-state index contributed by atoms with van der Waals surface area (Å²) in [5.74, 6) is -4.76. The molecule has 0 amide bonds. The molecule has 0 saturated heterocycles. The fourth-order valence-electron chi connectivity index (χ4n) is 8.56. The van der Waals surface area contributed by atoms with E-state index in [0.717, 1.165) is 18.4 Å². The third-order valence-corrected chi connectivity index (χ3v) is 9.72. The molecule has 2 bridgehead atoms. The molecule has 0 aliphatic heterocycles. The second-order valence-electron chi connectivity index (χ2n) is 11.2. The summed E-state index contributed by atoms with van der Waals surface area (Å²) in [7, 11) is 0. The summed E-state index contributed by atoms with van der Waals surface area (Å²) in [6, 6.07) is 0. The minimum Gasteiger partial charge on any atom is -0.481 e. The smallest absolute Gasteiger partial charge is 0.309 e. The molecular weight excluding hydrogens is 384 g/mol. The van der Waals surface area contributed by atoms with Crippen LogP contribution in [0.4, 0.5) is 0 Å². The molecule has 0 heterocycles. The van der Waals surface area contributed by atoms with Crippen molar-refractivity contribution in [2.75, 3.05) is 0 Å². The number of hydrogen-bond acceptors (Lipinski definition) is 3. The molecule has 8 atom stereocenters. The van der Waals surface area contributed by atoms with Crippen LogP contribution in [-0.2, 0) is 14.4 Å². The molecule has 3 saturated carbocycles. The lowest BCUT2D eigenvalue weighted by Gasteiger charge is -2.68. The Morgan fingerprint density at radius 1 is 1.00 bits per heavy atom. The van der Waals surface area contributed by atoms with Gasteiger partial charge in [-0.2, -0.15) is 0 Å². The third kappa shape index (κ3) is 2.51. The lowest BCUT2D eigenvalue weighted by atomic mass is 9.34. The molecule has 0 radical (unpaired) electrons. The van der Waals surface area contributed by atoms with Crippen LogP contribution in [-0.4, -0.2) is 33.2 Å². The molecule has 0 unspecified atom stereocenters. The Balaban J connectivity index is 1.89. The fourth-order valence-corrected chi connectivity index (χ4v) is 8.56. The van der Waals surface area contributed by atoms with Gasteiger partial charge in [0.15, 0.2) is 0 Å². The van der Waals surface area contributed by atoms with Gasteiger partial charge in [0.25, 0.3) is 0 Å². The highest BCUT2D eigenvalue weighted by Gasteiger charge is 2.71. The zero-order valence-corrected chi connectivity index (χ0v) is 18.4. The molecule has 3 N–H and O–H groups in total. The van der Waals surface area contributed by atoms with Crippen molar-refractivity contribution in [3.8, 4) is 0 Å². The first-order chi connectivity index (χ1) is 13.9. The van der Waals surface area contributed by atoms with Gasteiger partial charge in [0.2, 0.25) is 0 Å². The highest BCUT2D eigenvalue weighted by molar-refractivity contribution is 5.83.